The highest BCUT2D eigenvalue weighted by atomic mass is 32.2. The van der Waals surface area contributed by atoms with E-state index < -0.39 is 12.0 Å². The summed E-state index contributed by atoms with van der Waals surface area (Å²) in [5, 5.41) is 5.76. The standard InChI is InChI=1S/C29H32N4O4S/c1-2-37-28(35)25-26(21-9-5-3-6-10-21)31-29-33(27(25)22-11-7-4-8-12-22)23(20-38-29)19-24(34)30-13-14-32-15-17-36-18-16-32/h3-12,20,27H,2,13-19H2,1H3,(H,30,34). The molecular formula is C29H32N4O4S. The minimum absolute atomic E-state index is 0.0614. The number of nitrogens with zero attached hydrogens (tertiary/aromatic N) is 3. The van der Waals surface area contributed by atoms with Gasteiger partial charge in [0.05, 0.1) is 43.6 Å². The smallest absolute Gasteiger partial charge is 0.338 e. The second kappa shape index (κ2) is 12.4. The van der Waals surface area contributed by atoms with Crippen molar-refractivity contribution in [2.45, 2.75) is 19.4 Å². The molecule has 9 heteroatoms. The van der Waals surface area contributed by atoms with Gasteiger partial charge in [0.1, 0.15) is 0 Å². The Morgan fingerprint density at radius 1 is 1.08 bits per heavy atom. The average Bonchev–Trinajstić information content (AvgIpc) is 3.35. The van der Waals surface area contributed by atoms with Gasteiger partial charge < -0.3 is 19.7 Å². The van der Waals surface area contributed by atoms with E-state index in [9.17, 15) is 9.59 Å². The topological polar surface area (TPSA) is 83.5 Å². The van der Waals surface area contributed by atoms with Crippen molar-refractivity contribution in [3.63, 3.8) is 0 Å². The van der Waals surface area contributed by atoms with E-state index in [1.165, 1.54) is 11.8 Å². The van der Waals surface area contributed by atoms with Gasteiger partial charge in [-0.25, -0.2) is 9.79 Å². The van der Waals surface area contributed by atoms with E-state index >= 15 is 0 Å². The van der Waals surface area contributed by atoms with Crippen LogP contribution in [0.25, 0.3) is 5.70 Å². The number of morpholine rings is 1. The SMILES string of the molecule is CCOC(=O)C1=C(c2ccccc2)N=C2SC=C(CC(=O)NCCN3CCOCC3)N2C1c1ccccc1. The Labute approximate surface area is 227 Å². The van der Waals surface area contributed by atoms with Gasteiger partial charge in [0.2, 0.25) is 5.91 Å². The number of thioether (sulfide) groups is 1. The number of rotatable bonds is 9. The Morgan fingerprint density at radius 2 is 1.79 bits per heavy atom. The van der Waals surface area contributed by atoms with Crippen LogP contribution in [0.2, 0.25) is 0 Å². The first-order valence-corrected chi connectivity index (χ1v) is 13.9. The lowest BCUT2D eigenvalue weighted by Crippen LogP contribution is -2.42. The summed E-state index contributed by atoms with van der Waals surface area (Å²) in [6, 6.07) is 19.1. The first kappa shape index (κ1) is 26.2. The maximum atomic E-state index is 13.5. The Bertz CT molecular complexity index is 1240. The molecule has 3 aliphatic rings. The minimum atomic E-state index is -0.472. The van der Waals surface area contributed by atoms with Gasteiger partial charge in [-0.15, -0.1) is 0 Å². The normalized spacial score (nSPS) is 19.5. The molecule has 5 rings (SSSR count). The third-order valence-electron chi connectivity index (χ3n) is 6.66. The molecule has 0 spiro atoms. The molecule has 0 aromatic heterocycles. The molecule has 8 nitrogen and oxygen atoms in total. The lowest BCUT2D eigenvalue weighted by Gasteiger charge is -2.36. The second-order valence-corrected chi connectivity index (χ2v) is 9.97. The van der Waals surface area contributed by atoms with E-state index in [2.05, 4.69) is 10.2 Å². The van der Waals surface area contributed by atoms with Crippen molar-refractivity contribution in [2.24, 2.45) is 4.99 Å². The van der Waals surface area contributed by atoms with E-state index in [0.29, 0.717) is 17.8 Å². The summed E-state index contributed by atoms with van der Waals surface area (Å²) in [6.45, 7) is 6.66. The highest BCUT2D eigenvalue weighted by Gasteiger charge is 2.42. The Balaban J connectivity index is 1.43. The maximum Gasteiger partial charge on any atom is 0.338 e. The molecule has 1 atom stereocenters. The first-order chi connectivity index (χ1) is 18.7. The zero-order valence-electron chi connectivity index (χ0n) is 21.5. The number of esters is 1. The van der Waals surface area contributed by atoms with Gasteiger partial charge in [0, 0.05) is 37.4 Å². The van der Waals surface area contributed by atoms with Crippen LogP contribution in [0.15, 0.2) is 82.3 Å². The summed E-state index contributed by atoms with van der Waals surface area (Å²) in [6.07, 6.45) is 0.190. The number of hydrogen-bond acceptors (Lipinski definition) is 8. The number of benzene rings is 2. The number of carbonyl (C=O) groups is 2. The molecule has 0 saturated carbocycles. The molecule has 1 N–H and O–H groups in total. The van der Waals surface area contributed by atoms with Gasteiger partial charge in [0.15, 0.2) is 5.17 Å². The number of fused-ring (bicyclic) bond motifs is 1. The molecule has 2 aromatic carbocycles. The number of amidine groups is 1. The van der Waals surface area contributed by atoms with Crippen LogP contribution in [-0.4, -0.2) is 72.8 Å². The largest absolute Gasteiger partial charge is 0.463 e. The van der Waals surface area contributed by atoms with Crippen LogP contribution < -0.4 is 5.32 Å². The van der Waals surface area contributed by atoms with E-state index in [1.807, 2.05) is 71.0 Å². The summed E-state index contributed by atoms with van der Waals surface area (Å²) in [5.41, 5.74) is 3.65. The molecule has 0 radical (unpaired) electrons. The molecule has 1 fully saturated rings. The van der Waals surface area contributed by atoms with Gasteiger partial charge in [-0.2, -0.15) is 0 Å². The third kappa shape index (κ3) is 5.85. The van der Waals surface area contributed by atoms with E-state index in [1.54, 1.807) is 6.92 Å². The molecule has 0 bridgehead atoms. The van der Waals surface area contributed by atoms with E-state index in [4.69, 9.17) is 14.5 Å². The van der Waals surface area contributed by atoms with Crippen molar-refractivity contribution in [1.29, 1.82) is 0 Å². The van der Waals surface area contributed by atoms with Crippen molar-refractivity contribution in [2.75, 3.05) is 46.0 Å². The zero-order valence-corrected chi connectivity index (χ0v) is 22.3. The van der Waals surface area contributed by atoms with Crippen molar-refractivity contribution in [3.8, 4) is 0 Å². The molecule has 38 heavy (non-hydrogen) atoms. The number of amides is 1. The molecule has 3 heterocycles. The summed E-state index contributed by atoms with van der Waals surface area (Å²) in [5.74, 6) is -0.470. The predicted octanol–water partition coefficient (Wildman–Crippen LogP) is 3.80. The van der Waals surface area contributed by atoms with E-state index in [0.717, 1.165) is 54.8 Å². The van der Waals surface area contributed by atoms with Gasteiger partial charge in [0.25, 0.3) is 0 Å². The summed E-state index contributed by atoms with van der Waals surface area (Å²) >= 11 is 1.47. The van der Waals surface area contributed by atoms with Crippen molar-refractivity contribution < 1.29 is 19.1 Å². The number of nitrogens with one attached hydrogen (secondary N) is 1. The van der Waals surface area contributed by atoms with Crippen LogP contribution in [0.3, 0.4) is 0 Å². The molecule has 2 aromatic rings. The number of aliphatic imine (C=N–C) groups is 1. The van der Waals surface area contributed by atoms with Gasteiger partial charge >= 0.3 is 5.97 Å². The van der Waals surface area contributed by atoms with Crippen LogP contribution >= 0.6 is 11.8 Å². The van der Waals surface area contributed by atoms with Gasteiger partial charge in [-0.1, -0.05) is 72.4 Å². The third-order valence-corrected chi connectivity index (χ3v) is 7.55. The highest BCUT2D eigenvalue weighted by molar-refractivity contribution is 8.16. The first-order valence-electron chi connectivity index (χ1n) is 13.0. The fourth-order valence-corrected chi connectivity index (χ4v) is 5.76. The molecule has 1 unspecified atom stereocenters. The van der Waals surface area contributed by atoms with Crippen LogP contribution in [0.4, 0.5) is 0 Å². The van der Waals surface area contributed by atoms with Gasteiger partial charge in [-0.05, 0) is 17.9 Å². The lowest BCUT2D eigenvalue weighted by molar-refractivity contribution is -0.139. The van der Waals surface area contributed by atoms with Crippen molar-refractivity contribution >= 4 is 34.5 Å². The van der Waals surface area contributed by atoms with Crippen molar-refractivity contribution in [3.05, 3.63) is 88.5 Å². The summed E-state index contributed by atoms with van der Waals surface area (Å²) in [7, 11) is 0. The number of ether oxygens (including phenoxy) is 2. The fraction of sp³-hybridized carbons (Fsp3) is 0.345. The molecule has 198 valence electrons. The quantitative estimate of drug-likeness (QED) is 0.492. The molecule has 1 amide bonds. The number of carbonyl (C=O) groups excluding carboxylic acids is 2. The monoisotopic (exact) mass is 532 g/mol. The molecular weight excluding hydrogens is 500 g/mol. The summed E-state index contributed by atoms with van der Waals surface area (Å²) < 4.78 is 10.9. The van der Waals surface area contributed by atoms with E-state index in [-0.39, 0.29) is 18.9 Å². The maximum absolute atomic E-state index is 13.5. The zero-order chi connectivity index (χ0) is 26.3. The fourth-order valence-electron chi connectivity index (χ4n) is 4.84. The molecule has 1 saturated heterocycles. The molecule has 3 aliphatic heterocycles. The van der Waals surface area contributed by atoms with Crippen LogP contribution in [0.1, 0.15) is 30.5 Å². The van der Waals surface area contributed by atoms with Crippen LogP contribution in [0, 0.1) is 0 Å². The highest BCUT2D eigenvalue weighted by Crippen LogP contribution is 2.46. The van der Waals surface area contributed by atoms with Crippen LogP contribution in [-0.2, 0) is 19.1 Å². The Morgan fingerprint density at radius 3 is 2.50 bits per heavy atom. The lowest BCUT2D eigenvalue weighted by atomic mass is 9.91. The van der Waals surface area contributed by atoms with Crippen LogP contribution in [0.5, 0.6) is 0 Å². The summed E-state index contributed by atoms with van der Waals surface area (Å²) in [4.78, 5) is 35.7. The second-order valence-electron chi connectivity index (χ2n) is 9.13. The number of hydrogen-bond donors (Lipinski definition) is 1. The average molecular weight is 533 g/mol. The van der Waals surface area contributed by atoms with Gasteiger partial charge in [-0.3, -0.25) is 9.69 Å². The Hall–Kier alpha value is -3.40. The Kier molecular flexibility index (Phi) is 8.58. The predicted molar refractivity (Wildman–Crippen MR) is 149 cm³/mol. The van der Waals surface area contributed by atoms with Crippen molar-refractivity contribution in [1.82, 2.24) is 15.1 Å². The minimum Gasteiger partial charge on any atom is -0.463 e. The molecule has 0 aliphatic carbocycles.